The van der Waals surface area contributed by atoms with Crippen LogP contribution in [-0.4, -0.2) is 11.1 Å². The third-order valence-corrected chi connectivity index (χ3v) is 2.54. The molecule has 0 aliphatic rings. The molecule has 0 aromatic heterocycles. The lowest BCUT2D eigenvalue weighted by atomic mass is 9.89. The molecular formula is C11H13FO2. The minimum atomic E-state index is -0.832. The number of benzene rings is 1. The van der Waals surface area contributed by atoms with Gasteiger partial charge in [0.2, 0.25) is 0 Å². The summed E-state index contributed by atoms with van der Waals surface area (Å²) in [5.41, 5.74) is 0.848. The van der Waals surface area contributed by atoms with Gasteiger partial charge in [-0.2, -0.15) is 0 Å². The van der Waals surface area contributed by atoms with Gasteiger partial charge in [-0.3, -0.25) is 4.79 Å². The van der Waals surface area contributed by atoms with Crippen molar-refractivity contribution in [2.75, 3.05) is 0 Å². The fourth-order valence-corrected chi connectivity index (χ4v) is 1.27. The first-order chi connectivity index (χ1) is 6.52. The SMILES string of the molecule is CC(C(=O)O)C(C)c1ccc(F)cc1. The van der Waals surface area contributed by atoms with Crippen LogP contribution in [0.15, 0.2) is 24.3 Å². The Morgan fingerprint density at radius 2 is 1.79 bits per heavy atom. The number of halogens is 1. The molecule has 1 aromatic carbocycles. The van der Waals surface area contributed by atoms with Crippen molar-refractivity contribution < 1.29 is 14.3 Å². The largest absolute Gasteiger partial charge is 0.481 e. The molecule has 0 saturated heterocycles. The first-order valence-electron chi connectivity index (χ1n) is 4.50. The molecule has 0 aliphatic carbocycles. The van der Waals surface area contributed by atoms with E-state index in [9.17, 15) is 9.18 Å². The number of hydrogen-bond acceptors (Lipinski definition) is 1. The zero-order valence-electron chi connectivity index (χ0n) is 8.20. The van der Waals surface area contributed by atoms with E-state index in [4.69, 9.17) is 5.11 Å². The molecule has 0 aliphatic heterocycles. The van der Waals surface area contributed by atoms with Crippen LogP contribution in [0.2, 0.25) is 0 Å². The molecule has 1 N–H and O–H groups in total. The van der Waals surface area contributed by atoms with E-state index >= 15 is 0 Å². The van der Waals surface area contributed by atoms with Crippen molar-refractivity contribution in [3.8, 4) is 0 Å². The van der Waals surface area contributed by atoms with Crippen molar-refractivity contribution in [1.82, 2.24) is 0 Å². The maximum Gasteiger partial charge on any atom is 0.306 e. The van der Waals surface area contributed by atoms with Gasteiger partial charge >= 0.3 is 5.97 Å². The smallest absolute Gasteiger partial charge is 0.306 e. The van der Waals surface area contributed by atoms with Gasteiger partial charge in [-0.05, 0) is 23.6 Å². The summed E-state index contributed by atoms with van der Waals surface area (Å²) in [6, 6.07) is 5.94. The highest BCUT2D eigenvalue weighted by molar-refractivity contribution is 5.70. The summed E-state index contributed by atoms with van der Waals surface area (Å²) in [5, 5.41) is 8.79. The van der Waals surface area contributed by atoms with Crippen molar-refractivity contribution in [3.63, 3.8) is 0 Å². The van der Waals surface area contributed by atoms with E-state index in [-0.39, 0.29) is 11.7 Å². The summed E-state index contributed by atoms with van der Waals surface area (Å²) in [6.07, 6.45) is 0. The molecule has 0 amide bonds. The molecule has 2 nitrogen and oxygen atoms in total. The number of hydrogen-bond donors (Lipinski definition) is 1. The molecule has 0 saturated carbocycles. The van der Waals surface area contributed by atoms with E-state index in [1.807, 2.05) is 6.92 Å². The predicted octanol–water partition coefficient (Wildman–Crippen LogP) is 2.65. The van der Waals surface area contributed by atoms with Crippen LogP contribution >= 0.6 is 0 Å². The zero-order valence-corrected chi connectivity index (χ0v) is 8.20. The fraction of sp³-hybridized carbons (Fsp3) is 0.364. The summed E-state index contributed by atoms with van der Waals surface area (Å²) in [4.78, 5) is 10.7. The van der Waals surface area contributed by atoms with Gasteiger partial charge in [0, 0.05) is 0 Å². The van der Waals surface area contributed by atoms with Crippen LogP contribution in [0.25, 0.3) is 0 Å². The molecule has 1 rings (SSSR count). The third kappa shape index (κ3) is 2.31. The highest BCUT2D eigenvalue weighted by Crippen LogP contribution is 2.24. The van der Waals surface area contributed by atoms with E-state index in [2.05, 4.69) is 0 Å². The maximum absolute atomic E-state index is 12.6. The average molecular weight is 196 g/mol. The van der Waals surface area contributed by atoms with Crippen LogP contribution in [0.5, 0.6) is 0 Å². The maximum atomic E-state index is 12.6. The zero-order chi connectivity index (χ0) is 10.7. The first-order valence-corrected chi connectivity index (χ1v) is 4.50. The van der Waals surface area contributed by atoms with E-state index < -0.39 is 11.9 Å². The molecule has 0 fully saturated rings. The molecule has 1 aromatic rings. The van der Waals surface area contributed by atoms with Crippen molar-refractivity contribution in [2.45, 2.75) is 19.8 Å². The molecule has 2 atom stereocenters. The molecular weight excluding hydrogens is 183 g/mol. The van der Waals surface area contributed by atoms with Crippen molar-refractivity contribution in [1.29, 1.82) is 0 Å². The van der Waals surface area contributed by atoms with Gasteiger partial charge in [0.05, 0.1) is 5.92 Å². The topological polar surface area (TPSA) is 37.3 Å². The molecule has 14 heavy (non-hydrogen) atoms. The third-order valence-electron chi connectivity index (χ3n) is 2.54. The summed E-state index contributed by atoms with van der Waals surface area (Å²) in [6.45, 7) is 3.47. The molecule has 2 unspecified atom stereocenters. The Bertz CT molecular complexity index is 319. The Morgan fingerprint density at radius 3 is 2.21 bits per heavy atom. The van der Waals surface area contributed by atoms with Gasteiger partial charge in [-0.15, -0.1) is 0 Å². The Balaban J connectivity index is 2.84. The molecule has 3 heteroatoms. The molecule has 0 radical (unpaired) electrons. The summed E-state index contributed by atoms with van der Waals surface area (Å²) >= 11 is 0. The molecule has 0 heterocycles. The van der Waals surface area contributed by atoms with Gasteiger partial charge in [-0.1, -0.05) is 26.0 Å². The monoisotopic (exact) mass is 196 g/mol. The van der Waals surface area contributed by atoms with Crippen LogP contribution in [-0.2, 0) is 4.79 Å². The minimum Gasteiger partial charge on any atom is -0.481 e. The second-order valence-corrected chi connectivity index (χ2v) is 3.47. The number of carboxylic acids is 1. The average Bonchev–Trinajstić information content (AvgIpc) is 2.16. The molecule has 0 spiro atoms. The number of carboxylic acid groups (broad SMARTS) is 1. The lowest BCUT2D eigenvalue weighted by Gasteiger charge is -2.15. The highest BCUT2D eigenvalue weighted by Gasteiger charge is 2.20. The van der Waals surface area contributed by atoms with Crippen molar-refractivity contribution >= 4 is 5.97 Å². The standard InChI is InChI=1S/C11H13FO2/c1-7(8(2)11(13)14)9-3-5-10(12)6-4-9/h3-8H,1-2H3,(H,13,14). The van der Waals surface area contributed by atoms with Crippen molar-refractivity contribution in [3.05, 3.63) is 35.6 Å². The van der Waals surface area contributed by atoms with Gasteiger partial charge in [-0.25, -0.2) is 4.39 Å². The highest BCUT2D eigenvalue weighted by atomic mass is 19.1. The van der Waals surface area contributed by atoms with Crippen LogP contribution in [0.1, 0.15) is 25.3 Å². The second-order valence-electron chi connectivity index (χ2n) is 3.47. The van der Waals surface area contributed by atoms with Crippen molar-refractivity contribution in [2.24, 2.45) is 5.92 Å². The van der Waals surface area contributed by atoms with Gasteiger partial charge < -0.3 is 5.11 Å². The fourth-order valence-electron chi connectivity index (χ4n) is 1.27. The first kappa shape index (κ1) is 10.7. The molecule has 0 bridgehead atoms. The van der Waals surface area contributed by atoms with E-state index in [0.717, 1.165) is 5.56 Å². The molecule has 76 valence electrons. The number of rotatable bonds is 3. The normalized spacial score (nSPS) is 14.8. The lowest BCUT2D eigenvalue weighted by molar-refractivity contribution is -0.141. The van der Waals surface area contributed by atoms with E-state index in [0.29, 0.717) is 0 Å². The van der Waals surface area contributed by atoms with Gasteiger partial charge in [0.1, 0.15) is 5.82 Å². The van der Waals surface area contributed by atoms with Crippen LogP contribution in [0, 0.1) is 11.7 Å². The quantitative estimate of drug-likeness (QED) is 0.806. The number of carbonyl (C=O) groups is 1. The van der Waals surface area contributed by atoms with Gasteiger partial charge in [0.15, 0.2) is 0 Å². The summed E-state index contributed by atoms with van der Waals surface area (Å²) in [7, 11) is 0. The predicted molar refractivity (Wildman–Crippen MR) is 51.6 cm³/mol. The summed E-state index contributed by atoms with van der Waals surface area (Å²) in [5.74, 6) is -1.70. The van der Waals surface area contributed by atoms with Crippen LogP contribution in [0.3, 0.4) is 0 Å². The van der Waals surface area contributed by atoms with E-state index in [1.54, 1.807) is 19.1 Å². The Labute approximate surface area is 82.4 Å². The Kier molecular flexibility index (Phi) is 3.23. The Morgan fingerprint density at radius 1 is 1.29 bits per heavy atom. The van der Waals surface area contributed by atoms with E-state index in [1.165, 1.54) is 12.1 Å². The summed E-state index contributed by atoms with van der Waals surface area (Å²) < 4.78 is 12.6. The van der Waals surface area contributed by atoms with Gasteiger partial charge in [0.25, 0.3) is 0 Å². The van der Waals surface area contributed by atoms with Crippen LogP contribution < -0.4 is 0 Å². The van der Waals surface area contributed by atoms with Crippen LogP contribution in [0.4, 0.5) is 4.39 Å². The second kappa shape index (κ2) is 4.22. The minimum absolute atomic E-state index is 0.104. The lowest BCUT2D eigenvalue weighted by Crippen LogP contribution is -2.16. The number of aliphatic carboxylic acids is 1. The Hall–Kier alpha value is -1.38.